The molecule has 0 aliphatic carbocycles. The number of nitrogens with zero attached hydrogens (tertiary/aromatic N) is 2. The van der Waals surface area contributed by atoms with E-state index in [2.05, 4.69) is 15.3 Å². The number of aromatic nitrogens is 2. The fourth-order valence-electron chi connectivity index (χ4n) is 0.897. The third-order valence-corrected chi connectivity index (χ3v) is 1.81. The van der Waals surface area contributed by atoms with Crippen LogP contribution in [0.1, 0.15) is 19.8 Å². The van der Waals surface area contributed by atoms with E-state index in [0.717, 1.165) is 0 Å². The highest BCUT2D eigenvalue weighted by Gasteiger charge is 2.05. The summed E-state index contributed by atoms with van der Waals surface area (Å²) >= 11 is 5.60. The third kappa shape index (κ3) is 4.51. The molecule has 6 heteroatoms. The highest BCUT2D eigenvalue weighted by molar-refractivity contribution is 6.29. The van der Waals surface area contributed by atoms with Gasteiger partial charge in [0.05, 0.1) is 0 Å². The predicted octanol–water partition coefficient (Wildman–Crippen LogP) is 1.44. The Hall–Kier alpha value is -1.49. The second-order valence-corrected chi connectivity index (χ2v) is 3.36. The number of rotatable bonds is 4. The molecule has 0 unspecified atom stereocenters. The van der Waals surface area contributed by atoms with Crippen LogP contribution in [-0.4, -0.2) is 21.7 Å². The van der Waals surface area contributed by atoms with Gasteiger partial charge in [-0.2, -0.15) is 0 Å². The molecule has 5 nitrogen and oxygen atoms in total. The minimum absolute atomic E-state index is 0.0223. The zero-order chi connectivity index (χ0) is 11.3. The molecule has 1 amide bonds. The summed E-state index contributed by atoms with van der Waals surface area (Å²) in [5.41, 5.74) is 0. The van der Waals surface area contributed by atoms with Gasteiger partial charge in [0.15, 0.2) is 0 Å². The van der Waals surface area contributed by atoms with Gasteiger partial charge in [0.25, 0.3) is 0 Å². The van der Waals surface area contributed by atoms with E-state index in [1.807, 2.05) is 0 Å². The van der Waals surface area contributed by atoms with Crippen LogP contribution in [0, 0.1) is 0 Å². The summed E-state index contributed by atoms with van der Waals surface area (Å²) in [6, 6.07) is 1.44. The maximum atomic E-state index is 11.3. The van der Waals surface area contributed by atoms with Gasteiger partial charge in [-0.25, -0.2) is 9.97 Å². The first-order valence-electron chi connectivity index (χ1n) is 4.35. The van der Waals surface area contributed by atoms with Crippen LogP contribution in [0.5, 0.6) is 0 Å². The van der Waals surface area contributed by atoms with Gasteiger partial charge in [-0.15, -0.1) is 0 Å². The van der Waals surface area contributed by atoms with Crippen molar-refractivity contribution in [3.05, 3.63) is 17.5 Å². The number of halogens is 1. The van der Waals surface area contributed by atoms with Crippen LogP contribution >= 0.6 is 11.6 Å². The number of amides is 1. The molecular weight excluding hydrogens is 218 g/mol. The lowest BCUT2D eigenvalue weighted by atomic mass is 10.2. The molecule has 1 aromatic heterocycles. The van der Waals surface area contributed by atoms with Crippen LogP contribution < -0.4 is 5.32 Å². The molecule has 0 saturated heterocycles. The Bertz CT molecular complexity index is 381. The first-order chi connectivity index (χ1) is 7.08. The number of carbonyl (C=O) groups excluding carboxylic acids is 2. The largest absolute Gasteiger partial charge is 0.311 e. The summed E-state index contributed by atoms with van der Waals surface area (Å²) < 4.78 is 0. The molecule has 0 aromatic carbocycles. The average molecular weight is 228 g/mol. The van der Waals surface area contributed by atoms with E-state index in [-0.39, 0.29) is 29.7 Å². The van der Waals surface area contributed by atoms with Crippen LogP contribution in [0.25, 0.3) is 0 Å². The zero-order valence-electron chi connectivity index (χ0n) is 8.16. The number of anilines is 1. The Kier molecular flexibility index (Phi) is 4.17. The van der Waals surface area contributed by atoms with Gasteiger partial charge in [-0.3, -0.25) is 4.79 Å². The van der Waals surface area contributed by atoms with Crippen molar-refractivity contribution in [2.24, 2.45) is 0 Å². The van der Waals surface area contributed by atoms with Crippen molar-refractivity contribution in [2.45, 2.75) is 19.8 Å². The van der Waals surface area contributed by atoms with Crippen molar-refractivity contribution >= 4 is 29.1 Å². The van der Waals surface area contributed by atoms with Crippen LogP contribution in [0.15, 0.2) is 12.4 Å². The van der Waals surface area contributed by atoms with Gasteiger partial charge < -0.3 is 10.1 Å². The molecule has 0 saturated carbocycles. The number of hydrogen-bond donors (Lipinski definition) is 1. The summed E-state index contributed by atoms with van der Waals surface area (Å²) in [7, 11) is 0. The fraction of sp³-hybridized carbons (Fsp3) is 0.333. The quantitative estimate of drug-likeness (QED) is 0.790. The monoisotopic (exact) mass is 227 g/mol. The summed E-state index contributed by atoms with van der Waals surface area (Å²) in [5.74, 6) is 0.0504. The summed E-state index contributed by atoms with van der Waals surface area (Å²) in [5, 5.41) is 2.77. The van der Waals surface area contributed by atoms with Crippen LogP contribution in [0.4, 0.5) is 5.82 Å². The molecule has 0 aliphatic heterocycles. The highest BCUT2D eigenvalue weighted by Crippen LogP contribution is 2.08. The Balaban J connectivity index is 2.48. The van der Waals surface area contributed by atoms with Crippen LogP contribution in [-0.2, 0) is 9.59 Å². The Labute approximate surface area is 91.9 Å². The van der Waals surface area contributed by atoms with E-state index in [4.69, 9.17) is 11.6 Å². The first kappa shape index (κ1) is 11.6. The van der Waals surface area contributed by atoms with Crippen molar-refractivity contribution in [1.82, 2.24) is 9.97 Å². The molecule has 1 rings (SSSR count). The van der Waals surface area contributed by atoms with Crippen molar-refractivity contribution in [3.8, 4) is 0 Å². The van der Waals surface area contributed by atoms with Gasteiger partial charge in [-0.1, -0.05) is 11.6 Å². The molecule has 0 fully saturated rings. The van der Waals surface area contributed by atoms with E-state index >= 15 is 0 Å². The predicted molar refractivity (Wildman–Crippen MR) is 55.6 cm³/mol. The van der Waals surface area contributed by atoms with Crippen LogP contribution in [0.3, 0.4) is 0 Å². The lowest BCUT2D eigenvalue weighted by Crippen LogP contribution is -2.13. The highest BCUT2D eigenvalue weighted by atomic mass is 35.5. The topological polar surface area (TPSA) is 72.0 Å². The van der Waals surface area contributed by atoms with Crippen molar-refractivity contribution in [2.75, 3.05) is 5.32 Å². The van der Waals surface area contributed by atoms with E-state index in [1.54, 1.807) is 0 Å². The summed E-state index contributed by atoms with van der Waals surface area (Å²) in [6.45, 7) is 1.44. The molecule has 0 aliphatic rings. The van der Waals surface area contributed by atoms with Gasteiger partial charge in [0.2, 0.25) is 5.91 Å². The third-order valence-electron chi connectivity index (χ3n) is 1.61. The lowest BCUT2D eigenvalue weighted by Gasteiger charge is -2.02. The van der Waals surface area contributed by atoms with E-state index < -0.39 is 0 Å². The molecule has 1 N–H and O–H groups in total. The molecule has 1 heterocycles. The SMILES string of the molecule is CC(=O)CCC(=O)Nc1cc(Cl)ncn1. The zero-order valence-corrected chi connectivity index (χ0v) is 8.91. The van der Waals surface area contributed by atoms with Gasteiger partial charge in [0, 0.05) is 18.9 Å². The average Bonchev–Trinajstić information content (AvgIpc) is 2.15. The number of Topliss-reactive ketones (excluding diaryl/α,β-unsaturated/α-hetero) is 1. The van der Waals surface area contributed by atoms with Crippen molar-refractivity contribution < 1.29 is 9.59 Å². The number of ketones is 1. The second-order valence-electron chi connectivity index (χ2n) is 2.98. The molecular formula is C9H10ClN3O2. The molecule has 0 radical (unpaired) electrons. The normalized spacial score (nSPS) is 9.73. The number of hydrogen-bond acceptors (Lipinski definition) is 4. The van der Waals surface area contributed by atoms with Crippen molar-refractivity contribution in [3.63, 3.8) is 0 Å². The fourth-order valence-corrected chi connectivity index (χ4v) is 1.04. The minimum Gasteiger partial charge on any atom is -0.311 e. The maximum absolute atomic E-state index is 11.3. The number of carbonyl (C=O) groups is 2. The molecule has 0 atom stereocenters. The lowest BCUT2D eigenvalue weighted by molar-refractivity contribution is -0.121. The standard InChI is InChI=1S/C9H10ClN3O2/c1-6(14)2-3-9(15)13-8-4-7(10)11-5-12-8/h4-5H,2-3H2,1H3,(H,11,12,13,15). The Morgan fingerprint density at radius 1 is 1.40 bits per heavy atom. The Morgan fingerprint density at radius 3 is 2.73 bits per heavy atom. The minimum atomic E-state index is -0.264. The van der Waals surface area contributed by atoms with Crippen molar-refractivity contribution in [1.29, 1.82) is 0 Å². The van der Waals surface area contributed by atoms with Gasteiger partial charge in [-0.05, 0) is 6.92 Å². The molecule has 1 aromatic rings. The summed E-state index contributed by atoms with van der Waals surface area (Å²) in [6.07, 6.45) is 1.63. The molecule has 0 bridgehead atoms. The summed E-state index contributed by atoms with van der Waals surface area (Å²) in [4.78, 5) is 29.4. The van der Waals surface area contributed by atoms with Crippen LogP contribution in [0.2, 0.25) is 5.15 Å². The number of nitrogens with one attached hydrogen (secondary N) is 1. The van der Waals surface area contributed by atoms with E-state index in [1.165, 1.54) is 19.3 Å². The maximum Gasteiger partial charge on any atom is 0.225 e. The first-order valence-corrected chi connectivity index (χ1v) is 4.72. The van der Waals surface area contributed by atoms with E-state index in [9.17, 15) is 9.59 Å². The van der Waals surface area contributed by atoms with Gasteiger partial charge >= 0.3 is 0 Å². The molecule has 15 heavy (non-hydrogen) atoms. The van der Waals surface area contributed by atoms with E-state index in [0.29, 0.717) is 5.82 Å². The Morgan fingerprint density at radius 2 is 2.13 bits per heavy atom. The molecule has 0 spiro atoms. The smallest absolute Gasteiger partial charge is 0.225 e. The van der Waals surface area contributed by atoms with Gasteiger partial charge in [0.1, 0.15) is 23.1 Å². The molecule has 80 valence electrons. The second kappa shape index (κ2) is 5.41.